The van der Waals surface area contributed by atoms with Gasteiger partial charge in [0.2, 0.25) is 5.12 Å². The zero-order chi connectivity index (χ0) is 9.97. The van der Waals surface area contributed by atoms with Gasteiger partial charge in [0.05, 0.1) is 18.0 Å². The van der Waals surface area contributed by atoms with Crippen molar-refractivity contribution in [1.29, 1.82) is 0 Å². The highest BCUT2D eigenvalue weighted by Crippen LogP contribution is 2.32. The summed E-state index contributed by atoms with van der Waals surface area (Å²) in [4.78, 5) is 11.7. The third-order valence-corrected chi connectivity index (χ3v) is 3.21. The van der Waals surface area contributed by atoms with Gasteiger partial charge in [0, 0.05) is 0 Å². The van der Waals surface area contributed by atoms with Crippen LogP contribution in [-0.4, -0.2) is 17.2 Å². The monoisotopic (exact) mass is 208 g/mol. The lowest BCUT2D eigenvalue weighted by Gasteiger charge is -2.27. The number of carbonyl (C=O) groups is 1. The second-order valence-corrected chi connectivity index (χ2v) is 4.27. The molecule has 1 aliphatic heterocycles. The Balaban J connectivity index is 2.27. The van der Waals surface area contributed by atoms with Gasteiger partial charge in [-0.25, -0.2) is 0 Å². The summed E-state index contributed by atoms with van der Waals surface area (Å²) in [5.41, 5.74) is 1.05. The van der Waals surface area contributed by atoms with Crippen molar-refractivity contribution in [3.05, 3.63) is 35.9 Å². The zero-order valence-electron chi connectivity index (χ0n) is 7.97. The van der Waals surface area contributed by atoms with Gasteiger partial charge in [-0.1, -0.05) is 42.1 Å². The first-order chi connectivity index (χ1) is 6.79. The average Bonchev–Trinajstić information content (AvgIpc) is 2.19. The third-order valence-electron chi connectivity index (χ3n) is 2.41. The molecular weight excluding hydrogens is 196 g/mol. The summed E-state index contributed by atoms with van der Waals surface area (Å²) in [6, 6.07) is 9.82. The molecule has 1 fully saturated rings. The molecule has 0 spiro atoms. The van der Waals surface area contributed by atoms with Crippen LogP contribution in [0.3, 0.4) is 0 Å². The van der Waals surface area contributed by atoms with Gasteiger partial charge >= 0.3 is 0 Å². The molecular formula is C11H12O2S. The Morgan fingerprint density at radius 3 is 2.71 bits per heavy atom. The van der Waals surface area contributed by atoms with E-state index in [0.29, 0.717) is 5.94 Å². The standard InChI is InChI=1S/C11H12O2S/c1-8-10(11(12)14-7-13-8)9-5-3-2-4-6-9/h2-6,8,10H,7H2,1H3/t8-,10-/m1/s1. The van der Waals surface area contributed by atoms with Crippen LogP contribution in [0.15, 0.2) is 30.3 Å². The molecule has 2 nitrogen and oxygen atoms in total. The lowest BCUT2D eigenvalue weighted by molar-refractivity contribution is -0.116. The Morgan fingerprint density at radius 2 is 2.07 bits per heavy atom. The molecule has 14 heavy (non-hydrogen) atoms. The van der Waals surface area contributed by atoms with E-state index in [4.69, 9.17) is 4.74 Å². The summed E-state index contributed by atoms with van der Waals surface area (Å²) >= 11 is 1.26. The van der Waals surface area contributed by atoms with Crippen LogP contribution in [-0.2, 0) is 9.53 Å². The fraction of sp³-hybridized carbons (Fsp3) is 0.364. The maximum Gasteiger partial charge on any atom is 0.201 e. The lowest BCUT2D eigenvalue weighted by Crippen LogP contribution is -2.29. The van der Waals surface area contributed by atoms with Gasteiger partial charge in [-0.05, 0) is 12.5 Å². The Bertz CT molecular complexity index is 323. The molecule has 74 valence electrons. The van der Waals surface area contributed by atoms with Gasteiger partial charge in [-0.15, -0.1) is 0 Å². The van der Waals surface area contributed by atoms with Crippen LogP contribution in [0.1, 0.15) is 18.4 Å². The van der Waals surface area contributed by atoms with E-state index < -0.39 is 0 Å². The molecule has 1 aliphatic rings. The Hall–Kier alpha value is -0.800. The molecule has 3 heteroatoms. The average molecular weight is 208 g/mol. The van der Waals surface area contributed by atoms with Crippen molar-refractivity contribution in [2.24, 2.45) is 0 Å². The first-order valence-electron chi connectivity index (χ1n) is 4.62. The highest BCUT2D eigenvalue weighted by atomic mass is 32.2. The zero-order valence-corrected chi connectivity index (χ0v) is 8.79. The molecule has 1 saturated heterocycles. The molecule has 0 aromatic heterocycles. The summed E-state index contributed by atoms with van der Waals surface area (Å²) in [6.07, 6.45) is -0.00819. The molecule has 0 radical (unpaired) electrons. The second kappa shape index (κ2) is 4.15. The number of thioether (sulfide) groups is 1. The molecule has 0 amide bonds. The van der Waals surface area contributed by atoms with E-state index in [2.05, 4.69) is 0 Å². The van der Waals surface area contributed by atoms with Crippen molar-refractivity contribution in [3.8, 4) is 0 Å². The van der Waals surface area contributed by atoms with E-state index in [1.165, 1.54) is 11.8 Å². The minimum Gasteiger partial charge on any atom is -0.366 e. The molecule has 0 bridgehead atoms. The number of hydrogen-bond acceptors (Lipinski definition) is 3. The number of rotatable bonds is 1. The maximum atomic E-state index is 11.7. The SMILES string of the molecule is C[C@H]1OCSC(=O)[C@H]1c1ccccc1. The van der Waals surface area contributed by atoms with E-state index in [9.17, 15) is 4.79 Å². The molecule has 1 heterocycles. The first kappa shape index (κ1) is 9.74. The summed E-state index contributed by atoms with van der Waals surface area (Å²) in [5, 5.41) is 0.218. The van der Waals surface area contributed by atoms with Gasteiger partial charge in [0.15, 0.2) is 0 Å². The van der Waals surface area contributed by atoms with Crippen LogP contribution in [0.25, 0.3) is 0 Å². The quantitative estimate of drug-likeness (QED) is 0.709. The van der Waals surface area contributed by atoms with Crippen LogP contribution >= 0.6 is 11.8 Å². The number of benzene rings is 1. The highest BCUT2D eigenvalue weighted by molar-refractivity contribution is 8.13. The van der Waals surface area contributed by atoms with E-state index >= 15 is 0 Å². The smallest absolute Gasteiger partial charge is 0.201 e. The van der Waals surface area contributed by atoms with Crippen molar-refractivity contribution in [2.45, 2.75) is 18.9 Å². The lowest BCUT2D eigenvalue weighted by atomic mass is 9.95. The number of hydrogen-bond donors (Lipinski definition) is 0. The molecule has 2 atom stereocenters. The van der Waals surface area contributed by atoms with Crippen molar-refractivity contribution in [1.82, 2.24) is 0 Å². The largest absolute Gasteiger partial charge is 0.366 e. The number of ether oxygens (including phenoxy) is 1. The van der Waals surface area contributed by atoms with Crippen molar-refractivity contribution in [2.75, 3.05) is 5.94 Å². The van der Waals surface area contributed by atoms with Crippen LogP contribution in [0.2, 0.25) is 0 Å². The molecule has 0 N–H and O–H groups in total. The summed E-state index contributed by atoms with van der Waals surface area (Å²) in [6.45, 7) is 1.95. The fourth-order valence-corrected chi connectivity index (χ4v) is 2.55. The van der Waals surface area contributed by atoms with Crippen molar-refractivity contribution < 1.29 is 9.53 Å². The minimum atomic E-state index is -0.102. The van der Waals surface area contributed by atoms with Gasteiger partial charge < -0.3 is 4.74 Å². The van der Waals surface area contributed by atoms with Gasteiger partial charge in [0.1, 0.15) is 0 Å². The Morgan fingerprint density at radius 1 is 1.36 bits per heavy atom. The maximum absolute atomic E-state index is 11.7. The summed E-state index contributed by atoms with van der Waals surface area (Å²) in [5.74, 6) is 0.388. The Kier molecular flexibility index (Phi) is 2.89. The van der Waals surface area contributed by atoms with E-state index in [1.54, 1.807) is 0 Å². The predicted octanol–water partition coefficient (Wildman–Crippen LogP) is 2.41. The van der Waals surface area contributed by atoms with E-state index in [1.807, 2.05) is 37.3 Å². The highest BCUT2D eigenvalue weighted by Gasteiger charge is 2.31. The Labute approximate surface area is 87.6 Å². The first-order valence-corrected chi connectivity index (χ1v) is 5.61. The van der Waals surface area contributed by atoms with E-state index in [-0.39, 0.29) is 17.1 Å². The van der Waals surface area contributed by atoms with Crippen molar-refractivity contribution in [3.63, 3.8) is 0 Å². The predicted molar refractivity (Wildman–Crippen MR) is 57.2 cm³/mol. The third kappa shape index (κ3) is 1.83. The van der Waals surface area contributed by atoms with Gasteiger partial charge in [-0.2, -0.15) is 0 Å². The van der Waals surface area contributed by atoms with Crippen LogP contribution in [0, 0.1) is 0 Å². The molecule has 1 aromatic rings. The van der Waals surface area contributed by atoms with Crippen LogP contribution < -0.4 is 0 Å². The molecule has 1 aromatic carbocycles. The van der Waals surface area contributed by atoms with Gasteiger partial charge in [0.25, 0.3) is 0 Å². The molecule has 0 unspecified atom stereocenters. The normalized spacial score (nSPS) is 27.6. The molecule has 0 saturated carbocycles. The van der Waals surface area contributed by atoms with Crippen LogP contribution in [0.5, 0.6) is 0 Å². The summed E-state index contributed by atoms with van der Waals surface area (Å²) < 4.78 is 5.46. The van der Waals surface area contributed by atoms with Crippen molar-refractivity contribution >= 4 is 16.9 Å². The van der Waals surface area contributed by atoms with Crippen LogP contribution in [0.4, 0.5) is 0 Å². The second-order valence-electron chi connectivity index (χ2n) is 3.34. The topological polar surface area (TPSA) is 26.3 Å². The molecule has 0 aliphatic carbocycles. The minimum absolute atomic E-state index is 0.00819. The number of carbonyl (C=O) groups excluding carboxylic acids is 1. The van der Waals surface area contributed by atoms with E-state index in [0.717, 1.165) is 5.56 Å². The molecule has 2 rings (SSSR count). The fourth-order valence-electron chi connectivity index (χ4n) is 1.64. The van der Waals surface area contributed by atoms with Gasteiger partial charge in [-0.3, -0.25) is 4.79 Å². The summed E-state index contributed by atoms with van der Waals surface area (Å²) in [7, 11) is 0.